The van der Waals surface area contributed by atoms with Crippen LogP contribution < -0.4 is 5.32 Å². The van der Waals surface area contributed by atoms with Gasteiger partial charge in [-0.2, -0.15) is 0 Å². The van der Waals surface area contributed by atoms with Crippen LogP contribution >= 0.6 is 0 Å². The van der Waals surface area contributed by atoms with Crippen LogP contribution in [0.3, 0.4) is 0 Å². The van der Waals surface area contributed by atoms with Gasteiger partial charge in [0.05, 0.1) is 0 Å². The second kappa shape index (κ2) is 5.92. The Bertz CT molecular complexity index is 527. The molecule has 19 heavy (non-hydrogen) atoms. The SMILES string of the molecule is CC(C)c1ccc(Nc2ccccc2)cc1C(C)C. The fraction of sp³-hybridized carbons (Fsp3) is 0.333. The Labute approximate surface area is 116 Å². The number of para-hydroxylation sites is 1. The first-order chi connectivity index (χ1) is 9.08. The maximum absolute atomic E-state index is 3.47. The van der Waals surface area contributed by atoms with Crippen molar-refractivity contribution < 1.29 is 0 Å². The molecule has 0 heterocycles. The van der Waals surface area contributed by atoms with Crippen molar-refractivity contribution in [3.8, 4) is 0 Å². The summed E-state index contributed by atoms with van der Waals surface area (Å²) < 4.78 is 0. The molecule has 0 radical (unpaired) electrons. The molecule has 0 amide bonds. The lowest BCUT2D eigenvalue weighted by atomic mass is 9.90. The summed E-state index contributed by atoms with van der Waals surface area (Å²) in [6, 6.07) is 17.0. The van der Waals surface area contributed by atoms with Crippen molar-refractivity contribution in [3.05, 3.63) is 59.7 Å². The van der Waals surface area contributed by atoms with Gasteiger partial charge >= 0.3 is 0 Å². The summed E-state index contributed by atoms with van der Waals surface area (Å²) in [5.41, 5.74) is 5.19. The Morgan fingerprint density at radius 1 is 0.684 bits per heavy atom. The number of anilines is 2. The number of hydrogen-bond donors (Lipinski definition) is 1. The average Bonchev–Trinajstić information content (AvgIpc) is 2.39. The second-order valence-electron chi connectivity index (χ2n) is 5.64. The minimum atomic E-state index is 0.551. The van der Waals surface area contributed by atoms with E-state index in [2.05, 4.69) is 63.3 Å². The summed E-state index contributed by atoms with van der Waals surface area (Å²) in [5, 5.41) is 3.47. The first-order valence-electron chi connectivity index (χ1n) is 7.04. The topological polar surface area (TPSA) is 12.0 Å². The van der Waals surface area contributed by atoms with Gasteiger partial charge in [-0.05, 0) is 47.2 Å². The molecule has 2 rings (SSSR count). The van der Waals surface area contributed by atoms with Crippen LogP contribution in [0, 0.1) is 0 Å². The van der Waals surface area contributed by atoms with Gasteiger partial charge in [-0.1, -0.05) is 52.0 Å². The lowest BCUT2D eigenvalue weighted by Gasteiger charge is -2.18. The molecule has 0 aliphatic rings. The van der Waals surface area contributed by atoms with Crippen LogP contribution in [0.15, 0.2) is 48.5 Å². The van der Waals surface area contributed by atoms with Crippen molar-refractivity contribution in [3.63, 3.8) is 0 Å². The molecule has 1 heteroatoms. The number of benzene rings is 2. The van der Waals surface area contributed by atoms with Crippen LogP contribution in [0.1, 0.15) is 50.7 Å². The number of nitrogens with one attached hydrogen (secondary N) is 1. The van der Waals surface area contributed by atoms with E-state index in [0.717, 1.165) is 5.69 Å². The highest BCUT2D eigenvalue weighted by atomic mass is 14.9. The molecule has 2 aromatic rings. The molecule has 100 valence electrons. The van der Waals surface area contributed by atoms with Crippen molar-refractivity contribution in [2.75, 3.05) is 5.32 Å². The van der Waals surface area contributed by atoms with Gasteiger partial charge in [-0.25, -0.2) is 0 Å². The van der Waals surface area contributed by atoms with Crippen LogP contribution in [0.25, 0.3) is 0 Å². The monoisotopic (exact) mass is 253 g/mol. The third-order valence-corrected chi connectivity index (χ3v) is 3.39. The smallest absolute Gasteiger partial charge is 0.0387 e. The lowest BCUT2D eigenvalue weighted by Crippen LogP contribution is -2.00. The highest BCUT2D eigenvalue weighted by molar-refractivity contribution is 5.61. The summed E-state index contributed by atoms with van der Waals surface area (Å²) in [6.45, 7) is 9.03. The van der Waals surface area contributed by atoms with E-state index in [4.69, 9.17) is 0 Å². The van der Waals surface area contributed by atoms with E-state index in [-0.39, 0.29) is 0 Å². The lowest BCUT2D eigenvalue weighted by molar-refractivity contribution is 0.791. The molecule has 0 saturated carbocycles. The molecule has 0 saturated heterocycles. The zero-order valence-corrected chi connectivity index (χ0v) is 12.3. The molecule has 0 bridgehead atoms. The maximum Gasteiger partial charge on any atom is 0.0387 e. The molecule has 0 fully saturated rings. The maximum atomic E-state index is 3.47. The molecule has 0 aliphatic carbocycles. The minimum Gasteiger partial charge on any atom is -0.356 e. The predicted molar refractivity (Wildman–Crippen MR) is 84.3 cm³/mol. The Morgan fingerprint density at radius 3 is 1.89 bits per heavy atom. The van der Waals surface area contributed by atoms with Crippen LogP contribution in [0.5, 0.6) is 0 Å². The van der Waals surface area contributed by atoms with Gasteiger partial charge in [0.25, 0.3) is 0 Å². The van der Waals surface area contributed by atoms with Crippen molar-refractivity contribution in [1.29, 1.82) is 0 Å². The Kier molecular flexibility index (Phi) is 4.26. The molecule has 2 aromatic carbocycles. The van der Waals surface area contributed by atoms with Crippen LogP contribution in [0.4, 0.5) is 11.4 Å². The molecule has 0 aliphatic heterocycles. The van der Waals surface area contributed by atoms with Gasteiger partial charge in [0, 0.05) is 11.4 Å². The highest BCUT2D eigenvalue weighted by Gasteiger charge is 2.10. The van der Waals surface area contributed by atoms with Crippen molar-refractivity contribution in [2.45, 2.75) is 39.5 Å². The third kappa shape index (κ3) is 3.37. The summed E-state index contributed by atoms with van der Waals surface area (Å²) >= 11 is 0. The first-order valence-corrected chi connectivity index (χ1v) is 7.04. The van der Waals surface area contributed by atoms with Gasteiger partial charge in [0.15, 0.2) is 0 Å². The molecule has 1 N–H and O–H groups in total. The molecule has 1 nitrogen and oxygen atoms in total. The Balaban J connectivity index is 2.31. The molecule has 0 unspecified atom stereocenters. The van der Waals surface area contributed by atoms with Crippen LogP contribution in [0.2, 0.25) is 0 Å². The normalized spacial score (nSPS) is 11.1. The van der Waals surface area contributed by atoms with E-state index in [9.17, 15) is 0 Å². The molecular formula is C18H23N. The number of hydrogen-bond acceptors (Lipinski definition) is 1. The predicted octanol–water partition coefficient (Wildman–Crippen LogP) is 5.68. The Hall–Kier alpha value is -1.76. The van der Waals surface area contributed by atoms with Gasteiger partial charge < -0.3 is 5.32 Å². The van der Waals surface area contributed by atoms with Gasteiger partial charge in [0.2, 0.25) is 0 Å². The quantitative estimate of drug-likeness (QED) is 0.739. The standard InChI is InChI=1S/C18H23N/c1-13(2)17-11-10-16(12-18(17)14(3)4)19-15-8-6-5-7-9-15/h5-14,19H,1-4H3. The highest BCUT2D eigenvalue weighted by Crippen LogP contribution is 2.29. The summed E-state index contributed by atoms with van der Waals surface area (Å²) in [6.07, 6.45) is 0. The third-order valence-electron chi connectivity index (χ3n) is 3.39. The van der Waals surface area contributed by atoms with E-state index >= 15 is 0 Å². The zero-order valence-electron chi connectivity index (χ0n) is 12.3. The van der Waals surface area contributed by atoms with E-state index < -0.39 is 0 Å². The summed E-state index contributed by atoms with van der Waals surface area (Å²) in [7, 11) is 0. The molecular weight excluding hydrogens is 230 g/mol. The fourth-order valence-electron chi connectivity index (χ4n) is 2.37. The van der Waals surface area contributed by atoms with Crippen molar-refractivity contribution >= 4 is 11.4 Å². The Morgan fingerprint density at radius 2 is 1.32 bits per heavy atom. The van der Waals surface area contributed by atoms with Gasteiger partial charge in [-0.15, -0.1) is 0 Å². The van der Waals surface area contributed by atoms with E-state index in [0.29, 0.717) is 11.8 Å². The first kappa shape index (κ1) is 13.7. The summed E-state index contributed by atoms with van der Waals surface area (Å²) in [5.74, 6) is 1.12. The van der Waals surface area contributed by atoms with Crippen LogP contribution in [-0.2, 0) is 0 Å². The largest absolute Gasteiger partial charge is 0.356 e. The van der Waals surface area contributed by atoms with Gasteiger partial charge in [0.1, 0.15) is 0 Å². The second-order valence-corrected chi connectivity index (χ2v) is 5.64. The molecule has 0 spiro atoms. The minimum absolute atomic E-state index is 0.551. The van der Waals surface area contributed by atoms with Crippen LogP contribution in [-0.4, -0.2) is 0 Å². The molecule has 0 aromatic heterocycles. The summed E-state index contributed by atoms with van der Waals surface area (Å²) in [4.78, 5) is 0. The van der Waals surface area contributed by atoms with E-state index in [1.54, 1.807) is 0 Å². The van der Waals surface area contributed by atoms with E-state index in [1.807, 2.05) is 18.2 Å². The fourth-order valence-corrected chi connectivity index (χ4v) is 2.37. The number of rotatable bonds is 4. The zero-order chi connectivity index (χ0) is 13.8. The molecule has 0 atom stereocenters. The van der Waals surface area contributed by atoms with Crippen molar-refractivity contribution in [1.82, 2.24) is 0 Å². The average molecular weight is 253 g/mol. The van der Waals surface area contributed by atoms with Gasteiger partial charge in [-0.3, -0.25) is 0 Å². The van der Waals surface area contributed by atoms with E-state index in [1.165, 1.54) is 16.8 Å². The van der Waals surface area contributed by atoms with Crippen molar-refractivity contribution in [2.24, 2.45) is 0 Å².